The van der Waals surface area contributed by atoms with Crippen LogP contribution in [0.1, 0.15) is 59.1 Å². The van der Waals surface area contributed by atoms with Gasteiger partial charge in [0.2, 0.25) is 0 Å². The molecule has 48 heavy (non-hydrogen) atoms. The first-order chi connectivity index (χ1) is 23.6. The number of aliphatic hydroxyl groups is 2. The highest BCUT2D eigenvalue weighted by atomic mass is 16.7. The highest BCUT2D eigenvalue weighted by molar-refractivity contribution is 6.10. The number of benzene rings is 7. The van der Waals surface area contributed by atoms with Crippen molar-refractivity contribution in [2.45, 2.75) is 42.7 Å². The SMILES string of the molecule is OC1c2ccccc2C(O)C12[C@@H](c1cc3ccccc3c3ccccc13)CC1(C[C@@H]2c2cc3ccccc3c3ccccc23)OCCO1. The number of fused-ring (bicyclic) bond motifs is 7. The minimum absolute atomic E-state index is 0.313. The molecule has 10 rings (SSSR count). The van der Waals surface area contributed by atoms with Gasteiger partial charge in [0.15, 0.2) is 5.79 Å². The van der Waals surface area contributed by atoms with Crippen LogP contribution in [-0.2, 0) is 9.47 Å². The van der Waals surface area contributed by atoms with Gasteiger partial charge in [0, 0.05) is 30.1 Å². The first-order valence-electron chi connectivity index (χ1n) is 17.1. The Labute approximate surface area is 279 Å². The van der Waals surface area contributed by atoms with E-state index in [2.05, 4.69) is 109 Å². The third-order valence-corrected chi connectivity index (χ3v) is 11.9. The van der Waals surface area contributed by atoms with Crippen molar-refractivity contribution in [2.24, 2.45) is 5.41 Å². The van der Waals surface area contributed by atoms with Gasteiger partial charge in [0.1, 0.15) is 0 Å². The Morgan fingerprint density at radius 1 is 0.438 bits per heavy atom. The monoisotopic (exact) mass is 628 g/mol. The van der Waals surface area contributed by atoms with Crippen LogP contribution in [0.4, 0.5) is 0 Å². The summed E-state index contributed by atoms with van der Waals surface area (Å²) in [5, 5.41) is 35.2. The number of hydrogen-bond donors (Lipinski definition) is 2. The topological polar surface area (TPSA) is 58.9 Å². The number of rotatable bonds is 2. The van der Waals surface area contributed by atoms with Crippen molar-refractivity contribution in [3.8, 4) is 0 Å². The Kier molecular flexibility index (Phi) is 6.20. The predicted molar refractivity (Wildman–Crippen MR) is 191 cm³/mol. The third kappa shape index (κ3) is 3.80. The van der Waals surface area contributed by atoms with Crippen molar-refractivity contribution in [2.75, 3.05) is 13.2 Å². The van der Waals surface area contributed by atoms with Crippen molar-refractivity contribution >= 4 is 43.1 Å². The minimum atomic E-state index is -1.01. The molecule has 236 valence electrons. The van der Waals surface area contributed by atoms with Gasteiger partial charge < -0.3 is 19.7 Å². The summed E-state index contributed by atoms with van der Waals surface area (Å²) in [4.78, 5) is 0. The Morgan fingerprint density at radius 2 is 0.812 bits per heavy atom. The lowest BCUT2D eigenvalue weighted by Gasteiger charge is -2.56. The quantitative estimate of drug-likeness (QED) is 0.187. The number of ether oxygens (including phenoxy) is 2. The molecule has 2 spiro atoms. The van der Waals surface area contributed by atoms with E-state index in [0.717, 1.165) is 43.8 Å². The molecule has 4 heteroatoms. The Balaban J connectivity index is 1.33. The van der Waals surface area contributed by atoms with Gasteiger partial charge in [-0.1, -0.05) is 133 Å². The minimum Gasteiger partial charge on any atom is -0.388 e. The third-order valence-electron chi connectivity index (χ3n) is 11.9. The second-order valence-corrected chi connectivity index (χ2v) is 14.0. The van der Waals surface area contributed by atoms with E-state index in [9.17, 15) is 10.2 Å². The molecule has 1 saturated heterocycles. The first kappa shape index (κ1) is 28.4. The molecule has 2 fully saturated rings. The molecule has 2 unspecified atom stereocenters. The van der Waals surface area contributed by atoms with Crippen LogP contribution in [0, 0.1) is 5.41 Å². The van der Waals surface area contributed by atoms with Gasteiger partial charge in [-0.2, -0.15) is 0 Å². The van der Waals surface area contributed by atoms with Gasteiger partial charge >= 0.3 is 0 Å². The lowest BCUT2D eigenvalue weighted by molar-refractivity contribution is -0.229. The van der Waals surface area contributed by atoms with Crippen molar-refractivity contribution in [3.05, 3.63) is 156 Å². The fraction of sp³-hybridized carbons (Fsp3) is 0.227. The maximum Gasteiger partial charge on any atom is 0.169 e. The van der Waals surface area contributed by atoms with E-state index in [1.807, 2.05) is 24.3 Å². The molecule has 4 nitrogen and oxygen atoms in total. The fourth-order valence-corrected chi connectivity index (χ4v) is 10.00. The maximum absolute atomic E-state index is 13.0. The summed E-state index contributed by atoms with van der Waals surface area (Å²) >= 11 is 0. The van der Waals surface area contributed by atoms with Crippen LogP contribution < -0.4 is 0 Å². The molecule has 2 aliphatic carbocycles. The normalized spacial score (nSPS) is 24.3. The average molecular weight is 629 g/mol. The van der Waals surface area contributed by atoms with Crippen LogP contribution in [0.2, 0.25) is 0 Å². The van der Waals surface area contributed by atoms with Gasteiger partial charge in [-0.25, -0.2) is 0 Å². The fourth-order valence-electron chi connectivity index (χ4n) is 10.00. The molecule has 4 atom stereocenters. The van der Waals surface area contributed by atoms with Crippen LogP contribution in [0.25, 0.3) is 43.1 Å². The summed E-state index contributed by atoms with van der Waals surface area (Å²) in [5.41, 5.74) is 2.83. The summed E-state index contributed by atoms with van der Waals surface area (Å²) in [5.74, 6) is -1.48. The zero-order valence-electron chi connectivity index (χ0n) is 26.6. The van der Waals surface area contributed by atoms with Crippen LogP contribution in [0.5, 0.6) is 0 Å². The van der Waals surface area contributed by atoms with Crippen molar-refractivity contribution in [1.82, 2.24) is 0 Å². The van der Waals surface area contributed by atoms with E-state index in [4.69, 9.17) is 9.47 Å². The summed E-state index contributed by atoms with van der Waals surface area (Å²) in [6, 6.07) is 46.8. The van der Waals surface area contributed by atoms with Crippen molar-refractivity contribution in [3.63, 3.8) is 0 Å². The van der Waals surface area contributed by atoms with Gasteiger partial charge in [0.25, 0.3) is 0 Å². The molecule has 0 aromatic heterocycles. The second-order valence-electron chi connectivity index (χ2n) is 14.0. The largest absolute Gasteiger partial charge is 0.388 e. The van der Waals surface area contributed by atoms with E-state index in [0.29, 0.717) is 26.1 Å². The number of hydrogen-bond acceptors (Lipinski definition) is 4. The highest BCUT2D eigenvalue weighted by Crippen LogP contribution is 2.72. The molecule has 7 aromatic rings. The van der Waals surface area contributed by atoms with Crippen LogP contribution >= 0.6 is 0 Å². The highest BCUT2D eigenvalue weighted by Gasteiger charge is 2.67. The summed E-state index contributed by atoms with van der Waals surface area (Å²) < 4.78 is 13.3. The van der Waals surface area contributed by atoms with Gasteiger partial charge in [-0.3, -0.25) is 0 Å². The molecular formula is C44H36O4. The van der Waals surface area contributed by atoms with Gasteiger partial charge in [-0.05, 0) is 65.3 Å². The smallest absolute Gasteiger partial charge is 0.169 e. The van der Waals surface area contributed by atoms with Crippen LogP contribution in [0.3, 0.4) is 0 Å². The molecule has 0 radical (unpaired) electrons. The Hall–Kier alpha value is -4.58. The molecule has 7 aromatic carbocycles. The van der Waals surface area contributed by atoms with Crippen LogP contribution in [0.15, 0.2) is 133 Å². The predicted octanol–water partition coefficient (Wildman–Crippen LogP) is 9.47. The van der Waals surface area contributed by atoms with E-state index in [1.54, 1.807) is 0 Å². The standard InChI is InChI=1S/C44H36O4/c45-41-35-19-9-10-20-36(35)42(46)44(41)39(37-23-27-11-1-3-13-29(27)31-15-5-7-17-33(31)37)25-43(47-21-22-48-43)26-40(44)38-24-28-12-2-4-14-30(28)32-16-6-8-18-34(32)38/h1-20,23-24,39-42,45-46H,21-22,25-26H2/t39-,40-,41?,42?/m1/s1. The molecule has 1 saturated carbocycles. The molecule has 1 heterocycles. The van der Waals surface area contributed by atoms with E-state index in [1.165, 1.54) is 21.5 Å². The second kappa shape index (κ2) is 10.5. The lowest BCUT2D eigenvalue weighted by atomic mass is 9.51. The van der Waals surface area contributed by atoms with Crippen LogP contribution in [-0.4, -0.2) is 29.2 Å². The maximum atomic E-state index is 13.0. The number of aliphatic hydroxyl groups excluding tert-OH is 2. The molecule has 2 N–H and O–H groups in total. The molecule has 0 bridgehead atoms. The molecule has 1 aliphatic heterocycles. The van der Waals surface area contributed by atoms with Crippen molar-refractivity contribution in [1.29, 1.82) is 0 Å². The van der Waals surface area contributed by atoms with E-state index < -0.39 is 23.4 Å². The summed E-state index contributed by atoms with van der Waals surface area (Å²) in [6.07, 6.45) is -0.792. The van der Waals surface area contributed by atoms with E-state index in [-0.39, 0.29) is 11.8 Å². The Morgan fingerprint density at radius 3 is 1.27 bits per heavy atom. The molecule has 3 aliphatic rings. The molecular weight excluding hydrogens is 592 g/mol. The van der Waals surface area contributed by atoms with Crippen molar-refractivity contribution < 1.29 is 19.7 Å². The molecule has 0 amide bonds. The van der Waals surface area contributed by atoms with Gasteiger partial charge in [-0.15, -0.1) is 0 Å². The van der Waals surface area contributed by atoms with Gasteiger partial charge in [0.05, 0.1) is 25.4 Å². The summed E-state index contributed by atoms with van der Waals surface area (Å²) in [7, 11) is 0. The summed E-state index contributed by atoms with van der Waals surface area (Å²) in [6.45, 7) is 1.05. The first-order valence-corrected chi connectivity index (χ1v) is 17.1. The zero-order valence-corrected chi connectivity index (χ0v) is 26.6. The van der Waals surface area contributed by atoms with E-state index >= 15 is 0 Å². The average Bonchev–Trinajstić information content (AvgIpc) is 3.68. The zero-order chi connectivity index (χ0) is 32.0. The lowest BCUT2D eigenvalue weighted by Crippen LogP contribution is -2.53. The Bertz CT molecular complexity index is 2230.